The molecule has 0 saturated heterocycles. The molecule has 2 rings (SSSR count). The molecule has 0 bridgehead atoms. The minimum atomic E-state index is -0.164. The van der Waals surface area contributed by atoms with Crippen molar-refractivity contribution in [2.24, 2.45) is 5.92 Å². The number of ether oxygens (including phenoxy) is 1. The Labute approximate surface area is 125 Å². The minimum absolute atomic E-state index is 0.164. The van der Waals surface area contributed by atoms with Crippen LogP contribution in [0.15, 0.2) is 12.3 Å². The third kappa shape index (κ3) is 2.81. The molecule has 20 heavy (non-hydrogen) atoms. The lowest BCUT2D eigenvalue weighted by Gasteiger charge is -2.24. The Hall–Kier alpha value is -1.13. The van der Waals surface area contributed by atoms with Gasteiger partial charge in [0.25, 0.3) is 0 Å². The fourth-order valence-electron chi connectivity index (χ4n) is 2.44. The fourth-order valence-corrected chi connectivity index (χ4v) is 2.60. The number of alkyl halides is 1. The summed E-state index contributed by atoms with van der Waals surface area (Å²) in [5.74, 6) is 1.26. The minimum Gasteiger partial charge on any atom is -0.383 e. The van der Waals surface area contributed by atoms with Crippen LogP contribution in [0.2, 0.25) is 0 Å². The number of rotatable bonds is 5. The predicted octanol–water partition coefficient (Wildman–Crippen LogP) is 3.88. The molecule has 0 aliphatic rings. The number of pyridine rings is 1. The highest BCUT2D eigenvalue weighted by Gasteiger charge is 2.24. The largest absolute Gasteiger partial charge is 0.383 e. The van der Waals surface area contributed by atoms with E-state index in [1.165, 1.54) is 0 Å². The van der Waals surface area contributed by atoms with Gasteiger partial charge in [0.1, 0.15) is 11.3 Å². The predicted molar refractivity (Wildman–Crippen MR) is 82.3 cm³/mol. The summed E-state index contributed by atoms with van der Waals surface area (Å²) < 4.78 is 7.52. The van der Waals surface area contributed by atoms with Crippen molar-refractivity contribution < 1.29 is 4.74 Å². The summed E-state index contributed by atoms with van der Waals surface area (Å²) in [5.41, 5.74) is 2.88. The number of nitrogens with zero attached hydrogens (tertiary/aromatic N) is 3. The van der Waals surface area contributed by atoms with E-state index in [-0.39, 0.29) is 11.4 Å². The lowest BCUT2D eigenvalue weighted by molar-refractivity contribution is 0.133. The number of imidazole rings is 1. The van der Waals surface area contributed by atoms with Gasteiger partial charge in [-0.05, 0) is 31.4 Å². The van der Waals surface area contributed by atoms with Crippen molar-refractivity contribution in [3.63, 3.8) is 0 Å². The third-order valence-corrected chi connectivity index (χ3v) is 3.68. The van der Waals surface area contributed by atoms with Crippen LogP contribution in [0.1, 0.15) is 43.6 Å². The van der Waals surface area contributed by atoms with Crippen molar-refractivity contribution >= 4 is 22.8 Å². The second kappa shape index (κ2) is 6.10. The molecule has 0 N–H and O–H groups in total. The molecule has 0 radical (unpaired) electrons. The maximum absolute atomic E-state index is 6.32. The maximum Gasteiger partial charge on any atom is 0.160 e. The fraction of sp³-hybridized carbons (Fsp3) is 0.600. The topological polar surface area (TPSA) is 39.9 Å². The molecule has 0 fully saturated rings. The van der Waals surface area contributed by atoms with Crippen LogP contribution in [0, 0.1) is 12.8 Å². The van der Waals surface area contributed by atoms with Gasteiger partial charge in [-0.2, -0.15) is 0 Å². The van der Waals surface area contributed by atoms with Crippen LogP contribution in [0.25, 0.3) is 11.2 Å². The number of halogens is 1. The first-order chi connectivity index (χ1) is 9.45. The molecule has 110 valence electrons. The molecule has 2 heterocycles. The van der Waals surface area contributed by atoms with Gasteiger partial charge in [0.15, 0.2) is 5.65 Å². The normalized spacial score (nSPS) is 14.9. The molecule has 0 spiro atoms. The van der Waals surface area contributed by atoms with Crippen molar-refractivity contribution in [2.75, 3.05) is 13.7 Å². The first kappa shape index (κ1) is 15.3. The maximum atomic E-state index is 6.32. The van der Waals surface area contributed by atoms with Crippen LogP contribution in [0.4, 0.5) is 0 Å². The average Bonchev–Trinajstić information content (AvgIpc) is 2.73. The summed E-state index contributed by atoms with van der Waals surface area (Å²) >= 11 is 6.32. The molecule has 0 aliphatic carbocycles. The van der Waals surface area contributed by atoms with E-state index >= 15 is 0 Å². The Kier molecular flexibility index (Phi) is 4.66. The number of fused-ring (bicyclic) bond motifs is 1. The van der Waals surface area contributed by atoms with Gasteiger partial charge in [-0.1, -0.05) is 13.8 Å². The van der Waals surface area contributed by atoms with E-state index in [0.29, 0.717) is 12.5 Å². The zero-order valence-corrected chi connectivity index (χ0v) is 13.5. The Morgan fingerprint density at radius 2 is 2.05 bits per heavy atom. The van der Waals surface area contributed by atoms with Crippen LogP contribution in [-0.2, 0) is 4.74 Å². The molecule has 0 saturated carbocycles. The van der Waals surface area contributed by atoms with Crippen LogP contribution >= 0.6 is 11.6 Å². The number of hydrogen-bond acceptors (Lipinski definition) is 3. The molecule has 2 aromatic heterocycles. The van der Waals surface area contributed by atoms with E-state index in [4.69, 9.17) is 16.3 Å². The van der Waals surface area contributed by atoms with E-state index in [0.717, 1.165) is 22.6 Å². The molecule has 0 aliphatic heterocycles. The molecule has 5 heteroatoms. The molecule has 4 nitrogen and oxygen atoms in total. The van der Waals surface area contributed by atoms with Gasteiger partial charge in [-0.25, -0.2) is 9.97 Å². The van der Waals surface area contributed by atoms with E-state index in [9.17, 15) is 0 Å². The molecule has 2 unspecified atom stereocenters. The summed E-state index contributed by atoms with van der Waals surface area (Å²) in [5, 5.41) is -0.164. The van der Waals surface area contributed by atoms with Crippen molar-refractivity contribution in [1.29, 1.82) is 0 Å². The van der Waals surface area contributed by atoms with Gasteiger partial charge >= 0.3 is 0 Å². The summed E-state index contributed by atoms with van der Waals surface area (Å²) in [7, 11) is 1.72. The number of hydrogen-bond donors (Lipinski definition) is 0. The summed E-state index contributed by atoms with van der Waals surface area (Å²) in [6, 6.07) is 2.22. The Balaban J connectivity index is 2.66. The Morgan fingerprint density at radius 1 is 1.35 bits per heavy atom. The number of aryl methyl sites for hydroxylation is 1. The Bertz CT molecular complexity index is 592. The molecular formula is C15H22ClN3O. The molecular weight excluding hydrogens is 274 g/mol. The van der Waals surface area contributed by atoms with E-state index in [2.05, 4.69) is 28.4 Å². The van der Waals surface area contributed by atoms with Gasteiger partial charge in [0, 0.05) is 13.3 Å². The molecule has 0 amide bonds. The van der Waals surface area contributed by atoms with Gasteiger partial charge in [-0.3, -0.25) is 0 Å². The van der Waals surface area contributed by atoms with Gasteiger partial charge in [0.05, 0.1) is 18.0 Å². The average molecular weight is 296 g/mol. The highest BCUT2D eigenvalue weighted by molar-refractivity contribution is 6.20. The van der Waals surface area contributed by atoms with Gasteiger partial charge in [-0.15, -0.1) is 11.6 Å². The standard InChI is InChI=1S/C15H22ClN3O/c1-9(2)13(8-20-5)19-14(11(4)16)18-12-6-10(3)7-17-15(12)19/h6-7,9,11,13H,8H2,1-5H3. The third-order valence-electron chi connectivity index (χ3n) is 3.49. The zero-order chi connectivity index (χ0) is 14.9. The van der Waals surface area contributed by atoms with Crippen molar-refractivity contribution in [2.45, 2.75) is 39.1 Å². The second-order valence-corrected chi connectivity index (χ2v) is 6.23. The summed E-state index contributed by atoms with van der Waals surface area (Å²) in [6.45, 7) is 8.93. The van der Waals surface area contributed by atoms with Crippen LogP contribution in [0.3, 0.4) is 0 Å². The van der Waals surface area contributed by atoms with Crippen LogP contribution < -0.4 is 0 Å². The van der Waals surface area contributed by atoms with Gasteiger partial charge < -0.3 is 9.30 Å². The SMILES string of the molecule is COCC(C(C)C)n1c(C(C)Cl)nc2cc(C)cnc21. The Morgan fingerprint density at radius 3 is 2.60 bits per heavy atom. The van der Waals surface area contributed by atoms with Gasteiger partial charge in [0.2, 0.25) is 0 Å². The quantitative estimate of drug-likeness (QED) is 0.786. The van der Waals surface area contributed by atoms with Crippen molar-refractivity contribution in [3.8, 4) is 0 Å². The smallest absolute Gasteiger partial charge is 0.160 e. The summed E-state index contributed by atoms with van der Waals surface area (Å²) in [6.07, 6.45) is 1.87. The lowest BCUT2D eigenvalue weighted by atomic mass is 10.0. The monoisotopic (exact) mass is 295 g/mol. The van der Waals surface area contributed by atoms with E-state index in [1.54, 1.807) is 7.11 Å². The first-order valence-electron chi connectivity index (χ1n) is 6.93. The van der Waals surface area contributed by atoms with E-state index < -0.39 is 0 Å². The van der Waals surface area contributed by atoms with Crippen molar-refractivity contribution in [1.82, 2.24) is 14.5 Å². The molecule has 2 aromatic rings. The van der Waals surface area contributed by atoms with Crippen LogP contribution in [0.5, 0.6) is 0 Å². The lowest BCUT2D eigenvalue weighted by Crippen LogP contribution is -2.22. The van der Waals surface area contributed by atoms with Crippen molar-refractivity contribution in [3.05, 3.63) is 23.7 Å². The highest BCUT2D eigenvalue weighted by Crippen LogP contribution is 2.30. The first-order valence-corrected chi connectivity index (χ1v) is 7.36. The van der Waals surface area contributed by atoms with E-state index in [1.807, 2.05) is 26.1 Å². The number of aromatic nitrogens is 3. The summed E-state index contributed by atoms with van der Waals surface area (Å²) in [4.78, 5) is 9.23. The molecule has 2 atom stereocenters. The van der Waals surface area contributed by atoms with Crippen LogP contribution in [-0.4, -0.2) is 28.3 Å². The zero-order valence-electron chi connectivity index (χ0n) is 12.7. The second-order valence-electron chi connectivity index (χ2n) is 5.58. The highest BCUT2D eigenvalue weighted by atomic mass is 35.5. The number of methoxy groups -OCH3 is 1. The molecule has 0 aromatic carbocycles.